The third-order valence-corrected chi connectivity index (χ3v) is 4.32. The fraction of sp³-hybridized carbons (Fsp3) is 0.143. The van der Waals surface area contributed by atoms with Gasteiger partial charge < -0.3 is 14.3 Å². The fourth-order valence-electron chi connectivity index (χ4n) is 2.91. The molecular weight excluding hydrogens is 328 g/mol. The van der Waals surface area contributed by atoms with E-state index in [1.54, 1.807) is 19.4 Å². The molecule has 1 aliphatic rings. The Labute approximate surface area is 151 Å². The van der Waals surface area contributed by atoms with Crippen LogP contribution in [0, 0.1) is 0 Å². The summed E-state index contributed by atoms with van der Waals surface area (Å²) in [7, 11) is 1.65. The van der Waals surface area contributed by atoms with E-state index in [2.05, 4.69) is 9.98 Å². The van der Waals surface area contributed by atoms with Crippen molar-refractivity contribution in [1.82, 2.24) is 4.98 Å². The molecule has 0 amide bonds. The van der Waals surface area contributed by atoms with Crippen molar-refractivity contribution in [2.75, 3.05) is 7.11 Å². The number of aromatic hydroxyl groups is 1. The summed E-state index contributed by atoms with van der Waals surface area (Å²) < 4.78 is 10.6. The zero-order valence-electron chi connectivity index (χ0n) is 14.3. The molecule has 2 aromatic carbocycles. The Morgan fingerprint density at radius 2 is 1.88 bits per heavy atom. The number of aromatic nitrogens is 1. The van der Waals surface area contributed by atoms with Gasteiger partial charge in [-0.1, -0.05) is 30.3 Å². The van der Waals surface area contributed by atoms with Gasteiger partial charge in [-0.15, -0.1) is 0 Å². The molecule has 4 rings (SSSR count). The number of nitrogens with zero attached hydrogens (tertiary/aromatic N) is 2. The summed E-state index contributed by atoms with van der Waals surface area (Å²) in [6, 6.07) is 15.7. The van der Waals surface area contributed by atoms with Crippen LogP contribution in [0.4, 0.5) is 5.69 Å². The molecule has 5 heteroatoms. The molecule has 0 saturated carbocycles. The van der Waals surface area contributed by atoms with E-state index in [1.807, 2.05) is 48.5 Å². The summed E-state index contributed by atoms with van der Waals surface area (Å²) in [5.74, 6) is 1.17. The van der Waals surface area contributed by atoms with Crippen LogP contribution >= 0.6 is 0 Å². The Kier molecular flexibility index (Phi) is 4.27. The van der Waals surface area contributed by atoms with Crippen LogP contribution in [0.15, 0.2) is 57.9 Å². The van der Waals surface area contributed by atoms with Crippen LogP contribution in [-0.2, 0) is 12.8 Å². The number of rotatable bonds is 5. The molecule has 1 aliphatic heterocycles. The maximum absolute atomic E-state index is 10.1. The molecule has 0 atom stereocenters. The lowest BCUT2D eigenvalue weighted by Gasteiger charge is -2.01. The van der Waals surface area contributed by atoms with Gasteiger partial charge in [0.2, 0.25) is 0 Å². The molecule has 0 bridgehead atoms. The standard InChI is InChI=1S/C21H18N2O3/c1-25-16-9-6-14(7-10-16)8-11-20-23-19(21(24)26-20)12-15-13-22-18-5-3-2-4-17(15)18/h2-7,9-10,12-13,24H,8,11H2,1H3/b15-12+. The summed E-state index contributed by atoms with van der Waals surface area (Å²) in [6.45, 7) is 0. The molecule has 0 saturated heterocycles. The molecule has 3 aromatic rings. The molecule has 1 N–H and O–H groups in total. The summed E-state index contributed by atoms with van der Waals surface area (Å²) in [6.07, 6.45) is 4.94. The number of oxazole rings is 1. The SMILES string of the molecule is COc1ccc(CCc2nc(/C=C3\C=Nc4ccccc43)c(O)o2)cc1. The number of fused-ring (bicyclic) bond motifs is 1. The molecule has 2 heterocycles. The van der Waals surface area contributed by atoms with E-state index in [1.165, 1.54) is 0 Å². The largest absolute Gasteiger partial charge is 0.497 e. The lowest BCUT2D eigenvalue weighted by atomic mass is 10.1. The normalized spacial score (nSPS) is 14.0. The van der Waals surface area contributed by atoms with Crippen molar-refractivity contribution in [3.8, 4) is 11.7 Å². The number of aryl methyl sites for hydroxylation is 2. The van der Waals surface area contributed by atoms with Gasteiger partial charge in [0.1, 0.15) is 11.4 Å². The first-order valence-electron chi connectivity index (χ1n) is 8.40. The Morgan fingerprint density at radius 1 is 1.08 bits per heavy atom. The average molecular weight is 346 g/mol. The van der Waals surface area contributed by atoms with E-state index >= 15 is 0 Å². The predicted octanol–water partition coefficient (Wildman–Crippen LogP) is 4.43. The second-order valence-electron chi connectivity index (χ2n) is 6.02. The number of para-hydroxylation sites is 1. The van der Waals surface area contributed by atoms with Gasteiger partial charge in [0.25, 0.3) is 0 Å². The highest BCUT2D eigenvalue weighted by molar-refractivity contribution is 6.21. The van der Waals surface area contributed by atoms with E-state index in [4.69, 9.17) is 9.15 Å². The van der Waals surface area contributed by atoms with Crippen LogP contribution in [0.25, 0.3) is 11.6 Å². The molecule has 1 aromatic heterocycles. The highest BCUT2D eigenvalue weighted by Crippen LogP contribution is 2.33. The first-order valence-corrected chi connectivity index (χ1v) is 8.40. The van der Waals surface area contributed by atoms with E-state index in [0.717, 1.165) is 34.6 Å². The Morgan fingerprint density at radius 3 is 2.69 bits per heavy atom. The smallest absolute Gasteiger partial charge is 0.310 e. The van der Waals surface area contributed by atoms with Crippen LogP contribution in [-0.4, -0.2) is 23.4 Å². The monoisotopic (exact) mass is 346 g/mol. The molecule has 130 valence electrons. The summed E-state index contributed by atoms with van der Waals surface area (Å²) in [5.41, 5.74) is 4.43. The second kappa shape index (κ2) is 6.88. The van der Waals surface area contributed by atoms with Gasteiger partial charge in [0.15, 0.2) is 5.89 Å². The number of ether oxygens (including phenoxy) is 1. The van der Waals surface area contributed by atoms with Gasteiger partial charge in [-0.2, -0.15) is 0 Å². The third kappa shape index (κ3) is 3.24. The van der Waals surface area contributed by atoms with Gasteiger partial charge in [-0.3, -0.25) is 4.99 Å². The third-order valence-electron chi connectivity index (χ3n) is 4.32. The van der Waals surface area contributed by atoms with Gasteiger partial charge in [0.05, 0.1) is 12.8 Å². The van der Waals surface area contributed by atoms with Crippen molar-refractivity contribution in [3.05, 3.63) is 71.2 Å². The van der Waals surface area contributed by atoms with Crippen molar-refractivity contribution in [2.24, 2.45) is 4.99 Å². The van der Waals surface area contributed by atoms with E-state index in [9.17, 15) is 5.11 Å². The van der Waals surface area contributed by atoms with Gasteiger partial charge in [0, 0.05) is 23.8 Å². The van der Waals surface area contributed by atoms with Gasteiger partial charge in [-0.05, 0) is 36.3 Å². The minimum atomic E-state index is -0.167. The molecule has 5 nitrogen and oxygen atoms in total. The van der Waals surface area contributed by atoms with E-state index in [0.29, 0.717) is 18.0 Å². The van der Waals surface area contributed by atoms with E-state index in [-0.39, 0.29) is 5.95 Å². The van der Waals surface area contributed by atoms with Gasteiger partial charge >= 0.3 is 5.95 Å². The minimum absolute atomic E-state index is 0.167. The zero-order valence-corrected chi connectivity index (χ0v) is 14.3. The first kappa shape index (κ1) is 16.1. The maximum atomic E-state index is 10.1. The molecule has 26 heavy (non-hydrogen) atoms. The number of hydrogen-bond acceptors (Lipinski definition) is 5. The molecule has 0 spiro atoms. The number of allylic oxidation sites excluding steroid dienone is 1. The summed E-state index contributed by atoms with van der Waals surface area (Å²) in [4.78, 5) is 8.78. The number of aliphatic imine (C=N–C) groups is 1. The molecular formula is C21H18N2O3. The summed E-state index contributed by atoms with van der Waals surface area (Å²) in [5, 5.41) is 10.1. The van der Waals surface area contributed by atoms with Gasteiger partial charge in [-0.25, -0.2) is 4.98 Å². The Bertz CT molecular complexity index is 985. The van der Waals surface area contributed by atoms with Crippen molar-refractivity contribution >= 4 is 23.6 Å². The van der Waals surface area contributed by atoms with Crippen molar-refractivity contribution in [3.63, 3.8) is 0 Å². The Hall–Kier alpha value is -3.34. The van der Waals surface area contributed by atoms with E-state index < -0.39 is 0 Å². The predicted molar refractivity (Wildman–Crippen MR) is 101 cm³/mol. The molecule has 0 radical (unpaired) electrons. The minimum Gasteiger partial charge on any atom is -0.497 e. The van der Waals surface area contributed by atoms with Crippen LogP contribution in [0.2, 0.25) is 0 Å². The van der Waals surface area contributed by atoms with Crippen molar-refractivity contribution in [2.45, 2.75) is 12.8 Å². The summed E-state index contributed by atoms with van der Waals surface area (Å²) >= 11 is 0. The quantitative estimate of drug-likeness (QED) is 0.742. The maximum Gasteiger partial charge on any atom is 0.310 e. The highest BCUT2D eigenvalue weighted by atomic mass is 16.5. The average Bonchev–Trinajstić information content (AvgIpc) is 3.24. The van der Waals surface area contributed by atoms with Crippen molar-refractivity contribution in [1.29, 1.82) is 0 Å². The number of hydrogen-bond donors (Lipinski definition) is 1. The second-order valence-corrected chi connectivity index (χ2v) is 6.02. The lowest BCUT2D eigenvalue weighted by molar-refractivity contribution is 0.316. The number of benzene rings is 2. The number of methoxy groups -OCH3 is 1. The first-order chi connectivity index (χ1) is 12.7. The van der Waals surface area contributed by atoms with Crippen LogP contribution < -0.4 is 4.74 Å². The topological polar surface area (TPSA) is 67.9 Å². The van der Waals surface area contributed by atoms with Crippen LogP contribution in [0.1, 0.15) is 22.7 Å². The molecule has 0 aliphatic carbocycles. The lowest BCUT2D eigenvalue weighted by Crippen LogP contribution is -1.92. The fourth-order valence-corrected chi connectivity index (χ4v) is 2.91. The molecule has 0 fully saturated rings. The highest BCUT2D eigenvalue weighted by Gasteiger charge is 2.15. The molecule has 0 unspecified atom stereocenters. The van der Waals surface area contributed by atoms with Crippen LogP contribution in [0.5, 0.6) is 11.7 Å². The van der Waals surface area contributed by atoms with Crippen LogP contribution in [0.3, 0.4) is 0 Å². The zero-order chi connectivity index (χ0) is 17.9. The Balaban J connectivity index is 1.49. The van der Waals surface area contributed by atoms with Crippen molar-refractivity contribution < 1.29 is 14.3 Å².